The molecule has 3 fully saturated rings. The largest absolute Gasteiger partial charge is 0.372 e. The van der Waals surface area contributed by atoms with Crippen LogP contribution in [-0.4, -0.2) is 66.2 Å². The van der Waals surface area contributed by atoms with Crippen molar-refractivity contribution in [3.05, 3.63) is 54.5 Å². The highest BCUT2D eigenvalue weighted by Gasteiger charge is 2.27. The minimum absolute atomic E-state index is 0.0507. The molecule has 3 aromatic rings. The first kappa shape index (κ1) is 23.5. The molecule has 1 aromatic heterocycles. The molecule has 9 heteroatoms. The Hall–Kier alpha value is -3.88. The number of hydrogen-bond donors (Lipinski definition) is 2. The molecule has 3 aliphatic rings. The van der Waals surface area contributed by atoms with Gasteiger partial charge in [0.05, 0.1) is 11.2 Å². The summed E-state index contributed by atoms with van der Waals surface area (Å²) in [4.78, 5) is 40.1. The van der Waals surface area contributed by atoms with Crippen molar-refractivity contribution in [1.82, 2.24) is 20.2 Å². The summed E-state index contributed by atoms with van der Waals surface area (Å²) in [6, 6.07) is 14.1. The number of nitrogens with one attached hydrogen (secondary N) is 2. The van der Waals surface area contributed by atoms with Gasteiger partial charge in [0, 0.05) is 67.6 Å². The van der Waals surface area contributed by atoms with E-state index in [1.807, 2.05) is 35.2 Å². The van der Waals surface area contributed by atoms with Gasteiger partial charge in [0.1, 0.15) is 6.33 Å². The summed E-state index contributed by atoms with van der Waals surface area (Å²) in [5.74, 6) is 0.263. The Balaban J connectivity index is 1.08. The van der Waals surface area contributed by atoms with E-state index in [1.54, 1.807) is 11.2 Å². The third-order valence-electron chi connectivity index (χ3n) is 7.83. The number of likely N-dealkylation sites (tertiary alicyclic amines) is 1. The minimum atomic E-state index is -0.0720. The molecule has 0 unspecified atom stereocenters. The van der Waals surface area contributed by atoms with Gasteiger partial charge in [-0.3, -0.25) is 4.90 Å². The average molecular weight is 500 g/mol. The summed E-state index contributed by atoms with van der Waals surface area (Å²) >= 11 is 0. The Bertz CT molecular complexity index is 1280. The highest BCUT2D eigenvalue weighted by molar-refractivity contribution is 5.96. The summed E-state index contributed by atoms with van der Waals surface area (Å²) < 4.78 is 0. The van der Waals surface area contributed by atoms with Crippen LogP contribution in [0.15, 0.2) is 48.8 Å². The molecular weight excluding hydrogens is 466 g/mol. The molecule has 192 valence electrons. The lowest BCUT2D eigenvalue weighted by Gasteiger charge is -2.32. The van der Waals surface area contributed by atoms with Crippen molar-refractivity contribution in [2.45, 2.75) is 38.0 Å². The van der Waals surface area contributed by atoms with Crippen molar-refractivity contribution in [3.8, 4) is 0 Å². The van der Waals surface area contributed by atoms with E-state index < -0.39 is 0 Å². The van der Waals surface area contributed by atoms with E-state index in [4.69, 9.17) is 0 Å². The number of anilines is 3. The highest BCUT2D eigenvalue weighted by atomic mass is 16.2. The third-order valence-corrected chi connectivity index (χ3v) is 7.83. The number of carbonyl (C=O) groups excluding carboxylic acids is 2. The van der Waals surface area contributed by atoms with E-state index in [0.29, 0.717) is 26.2 Å². The smallest absolute Gasteiger partial charge is 0.321 e. The maximum absolute atomic E-state index is 12.9. The van der Waals surface area contributed by atoms with Gasteiger partial charge < -0.3 is 20.4 Å². The SMILES string of the molecule is O=C(Nc1ccc(N2CCCCC2)cc1)N1CCC(c2ncnc3cc(N4CCNC4=O)ccc23)CC1. The van der Waals surface area contributed by atoms with Crippen LogP contribution in [0.1, 0.15) is 43.7 Å². The fraction of sp³-hybridized carbons (Fsp3) is 0.429. The molecule has 0 radical (unpaired) electrons. The van der Waals surface area contributed by atoms with E-state index >= 15 is 0 Å². The molecule has 0 bridgehead atoms. The van der Waals surface area contributed by atoms with Crippen molar-refractivity contribution in [3.63, 3.8) is 0 Å². The molecule has 2 N–H and O–H groups in total. The van der Waals surface area contributed by atoms with Crippen LogP contribution in [0.3, 0.4) is 0 Å². The quantitative estimate of drug-likeness (QED) is 0.549. The standard InChI is InChI=1S/C28H33N7O2/c36-27-29-12-17-35(27)23-8-9-24-25(18-23)30-19-31-26(24)20-10-15-34(16-11-20)28(37)32-21-4-6-22(7-5-21)33-13-2-1-3-14-33/h4-9,18-20H,1-3,10-17H2,(H,29,36)(H,32,37). The Labute approximate surface area is 216 Å². The van der Waals surface area contributed by atoms with E-state index in [9.17, 15) is 9.59 Å². The van der Waals surface area contributed by atoms with Crippen LogP contribution in [0.2, 0.25) is 0 Å². The maximum Gasteiger partial charge on any atom is 0.321 e. The van der Waals surface area contributed by atoms with Crippen LogP contribution in [-0.2, 0) is 0 Å². The van der Waals surface area contributed by atoms with Crippen LogP contribution in [0.4, 0.5) is 26.7 Å². The van der Waals surface area contributed by atoms with Crippen LogP contribution < -0.4 is 20.4 Å². The molecule has 0 spiro atoms. The van der Waals surface area contributed by atoms with Crippen LogP contribution in [0, 0.1) is 0 Å². The number of benzene rings is 2. The lowest BCUT2D eigenvalue weighted by atomic mass is 9.91. The molecule has 0 saturated carbocycles. The highest BCUT2D eigenvalue weighted by Crippen LogP contribution is 2.33. The van der Waals surface area contributed by atoms with Crippen LogP contribution in [0.5, 0.6) is 0 Å². The fourth-order valence-corrected chi connectivity index (χ4v) is 5.74. The number of hydrogen-bond acceptors (Lipinski definition) is 5. The first-order valence-corrected chi connectivity index (χ1v) is 13.4. The molecular formula is C28H33N7O2. The Morgan fingerprint density at radius 1 is 0.892 bits per heavy atom. The zero-order valence-corrected chi connectivity index (χ0v) is 21.0. The van der Waals surface area contributed by atoms with Gasteiger partial charge in [0.15, 0.2) is 0 Å². The number of aromatic nitrogens is 2. The molecule has 3 aliphatic heterocycles. The van der Waals surface area contributed by atoms with Crippen molar-refractivity contribution >= 4 is 40.0 Å². The van der Waals surface area contributed by atoms with Crippen molar-refractivity contribution in [1.29, 1.82) is 0 Å². The molecule has 9 nitrogen and oxygen atoms in total. The van der Waals surface area contributed by atoms with Gasteiger partial charge in [0.25, 0.3) is 0 Å². The average Bonchev–Trinajstić information content (AvgIpc) is 3.39. The first-order chi connectivity index (χ1) is 18.2. The maximum atomic E-state index is 12.9. The lowest BCUT2D eigenvalue weighted by molar-refractivity contribution is 0.194. The lowest BCUT2D eigenvalue weighted by Crippen LogP contribution is -2.40. The molecule has 0 atom stereocenters. The molecule has 4 amide bonds. The summed E-state index contributed by atoms with van der Waals surface area (Å²) in [7, 11) is 0. The second-order valence-corrected chi connectivity index (χ2v) is 10.1. The number of nitrogens with zero attached hydrogens (tertiary/aromatic N) is 5. The summed E-state index contributed by atoms with van der Waals surface area (Å²) in [5.41, 5.74) is 4.78. The normalized spacial score (nSPS) is 18.8. The van der Waals surface area contributed by atoms with Gasteiger partial charge in [-0.05, 0) is 74.6 Å². The Morgan fingerprint density at radius 2 is 1.65 bits per heavy atom. The van der Waals surface area contributed by atoms with Gasteiger partial charge in [0.2, 0.25) is 0 Å². The first-order valence-electron chi connectivity index (χ1n) is 13.4. The fourth-order valence-electron chi connectivity index (χ4n) is 5.74. The summed E-state index contributed by atoms with van der Waals surface area (Å²) in [6.07, 6.45) is 7.12. The number of piperidine rings is 2. The van der Waals surface area contributed by atoms with Crippen molar-refractivity contribution in [2.75, 3.05) is 54.4 Å². The summed E-state index contributed by atoms with van der Waals surface area (Å²) in [5, 5.41) is 6.92. The van der Waals surface area contributed by atoms with E-state index in [0.717, 1.165) is 53.9 Å². The molecule has 0 aliphatic carbocycles. The minimum Gasteiger partial charge on any atom is -0.372 e. The Morgan fingerprint density at radius 3 is 2.38 bits per heavy atom. The molecule has 3 saturated heterocycles. The number of urea groups is 2. The number of fused-ring (bicyclic) bond motifs is 1. The second kappa shape index (κ2) is 10.2. The van der Waals surface area contributed by atoms with E-state index in [2.05, 4.69) is 37.6 Å². The zero-order chi connectivity index (χ0) is 25.2. The van der Waals surface area contributed by atoms with Crippen molar-refractivity contribution < 1.29 is 9.59 Å². The second-order valence-electron chi connectivity index (χ2n) is 10.1. The van der Waals surface area contributed by atoms with Gasteiger partial charge in [-0.1, -0.05) is 0 Å². The molecule has 6 rings (SSSR count). The van der Waals surface area contributed by atoms with Gasteiger partial charge >= 0.3 is 12.1 Å². The molecule has 37 heavy (non-hydrogen) atoms. The zero-order valence-electron chi connectivity index (χ0n) is 21.0. The Kier molecular flexibility index (Phi) is 6.51. The van der Waals surface area contributed by atoms with Crippen molar-refractivity contribution in [2.24, 2.45) is 0 Å². The van der Waals surface area contributed by atoms with Crippen LogP contribution >= 0.6 is 0 Å². The monoisotopic (exact) mass is 499 g/mol. The predicted octanol–water partition coefficient (Wildman–Crippen LogP) is 4.56. The van der Waals surface area contributed by atoms with Gasteiger partial charge in [-0.15, -0.1) is 0 Å². The summed E-state index contributed by atoms with van der Waals surface area (Å²) in [6.45, 7) is 4.89. The number of amides is 4. The van der Waals surface area contributed by atoms with E-state index in [1.165, 1.54) is 24.9 Å². The number of carbonyl (C=O) groups is 2. The van der Waals surface area contributed by atoms with Gasteiger partial charge in [-0.25, -0.2) is 19.6 Å². The molecule has 4 heterocycles. The van der Waals surface area contributed by atoms with Gasteiger partial charge in [-0.2, -0.15) is 0 Å². The third kappa shape index (κ3) is 4.90. The predicted molar refractivity (Wildman–Crippen MR) is 145 cm³/mol. The number of rotatable bonds is 4. The van der Waals surface area contributed by atoms with Crippen LogP contribution in [0.25, 0.3) is 10.9 Å². The molecule has 2 aromatic carbocycles. The topological polar surface area (TPSA) is 93.7 Å². The van der Waals surface area contributed by atoms with E-state index in [-0.39, 0.29) is 18.0 Å².